The Kier molecular flexibility index (Phi) is 4.96. The highest BCUT2D eigenvalue weighted by atomic mass is 16.2. The molecule has 3 aliphatic rings. The molecule has 1 saturated heterocycles. The number of azo groups is 1. The van der Waals surface area contributed by atoms with E-state index in [2.05, 4.69) is 15.5 Å². The number of rotatable bonds is 4. The molecule has 2 aliphatic heterocycles. The summed E-state index contributed by atoms with van der Waals surface area (Å²) in [6.07, 6.45) is 7.64. The van der Waals surface area contributed by atoms with E-state index in [4.69, 9.17) is 0 Å². The Labute approximate surface area is 168 Å². The minimum absolute atomic E-state index is 0.0188. The van der Waals surface area contributed by atoms with Gasteiger partial charge in [0.05, 0.1) is 17.5 Å². The first-order valence-electron chi connectivity index (χ1n) is 9.69. The highest BCUT2D eigenvalue weighted by molar-refractivity contribution is 5.97. The molecule has 2 heterocycles. The van der Waals surface area contributed by atoms with Gasteiger partial charge in [-0.15, -0.1) is 10.2 Å². The van der Waals surface area contributed by atoms with Crippen LogP contribution in [-0.2, 0) is 14.4 Å². The molecule has 0 bridgehead atoms. The number of amides is 3. The van der Waals surface area contributed by atoms with Crippen LogP contribution >= 0.6 is 0 Å². The summed E-state index contributed by atoms with van der Waals surface area (Å²) in [5, 5.41) is 10.7. The van der Waals surface area contributed by atoms with Gasteiger partial charge in [-0.25, -0.2) is 0 Å². The second kappa shape index (κ2) is 7.58. The SMILES string of the molecule is CC(C)N1CC(C(=O)Nc2ccc(C3=C4C=CC=CC4C(=O)N=N3)cc2)CC1=O. The average Bonchev–Trinajstić information content (AvgIpc) is 3.11. The zero-order valence-corrected chi connectivity index (χ0v) is 16.3. The number of fused-ring (bicyclic) bond motifs is 1. The molecule has 7 heteroatoms. The first-order chi connectivity index (χ1) is 13.9. The van der Waals surface area contributed by atoms with Crippen LogP contribution in [0.15, 0.2) is 64.4 Å². The molecule has 148 valence electrons. The van der Waals surface area contributed by atoms with Crippen LogP contribution in [0.5, 0.6) is 0 Å². The molecule has 1 N–H and O–H groups in total. The second-order valence-electron chi connectivity index (χ2n) is 7.67. The minimum atomic E-state index is -0.393. The lowest BCUT2D eigenvalue weighted by molar-refractivity contribution is -0.129. The molecule has 0 aromatic heterocycles. The van der Waals surface area contributed by atoms with E-state index in [1.165, 1.54) is 0 Å². The van der Waals surface area contributed by atoms with Gasteiger partial charge in [0, 0.05) is 30.3 Å². The number of carbonyl (C=O) groups excluding carboxylic acids is 3. The molecular formula is C22H22N4O3. The normalized spacial score (nSPS) is 23.2. The Morgan fingerprint density at radius 3 is 2.59 bits per heavy atom. The van der Waals surface area contributed by atoms with Gasteiger partial charge in [-0.2, -0.15) is 0 Å². The largest absolute Gasteiger partial charge is 0.339 e. The molecule has 0 spiro atoms. The van der Waals surface area contributed by atoms with Gasteiger partial charge in [0.2, 0.25) is 11.8 Å². The van der Waals surface area contributed by atoms with Crippen molar-refractivity contribution in [3.8, 4) is 0 Å². The molecular weight excluding hydrogens is 368 g/mol. The van der Waals surface area contributed by atoms with E-state index >= 15 is 0 Å². The number of nitrogens with one attached hydrogen (secondary N) is 1. The summed E-state index contributed by atoms with van der Waals surface area (Å²) >= 11 is 0. The third kappa shape index (κ3) is 3.68. The maximum Gasteiger partial charge on any atom is 0.276 e. The molecule has 2 unspecified atom stereocenters. The van der Waals surface area contributed by atoms with E-state index in [0.29, 0.717) is 17.9 Å². The quantitative estimate of drug-likeness (QED) is 0.855. The molecule has 29 heavy (non-hydrogen) atoms. The van der Waals surface area contributed by atoms with Gasteiger partial charge in [0.25, 0.3) is 5.91 Å². The van der Waals surface area contributed by atoms with E-state index < -0.39 is 5.92 Å². The van der Waals surface area contributed by atoms with Gasteiger partial charge in [-0.1, -0.05) is 36.4 Å². The van der Waals surface area contributed by atoms with Gasteiger partial charge in [-0.05, 0) is 31.6 Å². The van der Waals surface area contributed by atoms with Gasteiger partial charge in [0.1, 0.15) is 0 Å². The molecule has 4 rings (SSSR count). The Balaban J connectivity index is 1.48. The third-order valence-corrected chi connectivity index (χ3v) is 5.39. The van der Waals surface area contributed by atoms with Gasteiger partial charge in [0.15, 0.2) is 0 Å². The molecule has 1 aliphatic carbocycles. The van der Waals surface area contributed by atoms with Crippen molar-refractivity contribution in [3.63, 3.8) is 0 Å². The number of carbonyl (C=O) groups is 3. The molecule has 0 radical (unpaired) electrons. The van der Waals surface area contributed by atoms with E-state index in [-0.39, 0.29) is 36.1 Å². The Bertz CT molecular complexity index is 986. The van der Waals surface area contributed by atoms with Gasteiger partial charge < -0.3 is 10.2 Å². The lowest BCUT2D eigenvalue weighted by Gasteiger charge is -2.21. The first kappa shape index (κ1) is 19.0. The number of hydrogen-bond acceptors (Lipinski definition) is 4. The van der Waals surface area contributed by atoms with Crippen molar-refractivity contribution in [1.82, 2.24) is 4.90 Å². The minimum Gasteiger partial charge on any atom is -0.339 e. The lowest BCUT2D eigenvalue weighted by Crippen LogP contribution is -2.33. The summed E-state index contributed by atoms with van der Waals surface area (Å²) < 4.78 is 0. The summed E-state index contributed by atoms with van der Waals surface area (Å²) in [6.45, 7) is 4.35. The fraction of sp³-hybridized carbons (Fsp3) is 0.318. The van der Waals surface area contributed by atoms with Crippen LogP contribution in [0.1, 0.15) is 25.8 Å². The van der Waals surface area contributed by atoms with Crippen LogP contribution in [0.2, 0.25) is 0 Å². The zero-order valence-electron chi connectivity index (χ0n) is 16.3. The second-order valence-corrected chi connectivity index (χ2v) is 7.67. The number of likely N-dealkylation sites (tertiary alicyclic amines) is 1. The van der Waals surface area contributed by atoms with Crippen molar-refractivity contribution < 1.29 is 14.4 Å². The highest BCUT2D eigenvalue weighted by Gasteiger charge is 2.35. The molecule has 0 saturated carbocycles. The molecule has 1 fully saturated rings. The fourth-order valence-electron chi connectivity index (χ4n) is 3.79. The number of anilines is 1. The summed E-state index contributed by atoms with van der Waals surface area (Å²) in [7, 11) is 0. The summed E-state index contributed by atoms with van der Waals surface area (Å²) in [4.78, 5) is 38.3. The predicted molar refractivity (Wildman–Crippen MR) is 109 cm³/mol. The number of hydrogen-bond donors (Lipinski definition) is 1. The zero-order chi connectivity index (χ0) is 20.5. The van der Waals surface area contributed by atoms with Crippen molar-refractivity contribution >= 4 is 29.1 Å². The Morgan fingerprint density at radius 1 is 1.14 bits per heavy atom. The fourth-order valence-corrected chi connectivity index (χ4v) is 3.79. The average molecular weight is 390 g/mol. The Hall–Kier alpha value is -3.35. The van der Waals surface area contributed by atoms with Crippen LogP contribution in [0, 0.1) is 11.8 Å². The molecule has 1 aromatic rings. The number of nitrogens with zero attached hydrogens (tertiary/aromatic N) is 3. The molecule has 7 nitrogen and oxygen atoms in total. The third-order valence-electron chi connectivity index (χ3n) is 5.39. The van der Waals surface area contributed by atoms with Crippen LogP contribution in [0.4, 0.5) is 5.69 Å². The molecule has 1 aromatic carbocycles. The molecule has 2 atom stereocenters. The van der Waals surface area contributed by atoms with Crippen molar-refractivity contribution in [2.24, 2.45) is 22.1 Å². The maximum absolute atomic E-state index is 12.6. The molecule has 3 amide bonds. The number of benzene rings is 1. The van der Waals surface area contributed by atoms with Crippen LogP contribution in [0.25, 0.3) is 5.70 Å². The first-order valence-corrected chi connectivity index (χ1v) is 9.69. The van der Waals surface area contributed by atoms with Gasteiger partial charge in [-0.3, -0.25) is 14.4 Å². The summed E-state index contributed by atoms with van der Waals surface area (Å²) in [6, 6.07) is 7.37. The Morgan fingerprint density at radius 2 is 1.90 bits per heavy atom. The predicted octanol–water partition coefficient (Wildman–Crippen LogP) is 3.33. The monoisotopic (exact) mass is 390 g/mol. The maximum atomic E-state index is 12.6. The van der Waals surface area contributed by atoms with Crippen molar-refractivity contribution in [2.45, 2.75) is 26.3 Å². The van der Waals surface area contributed by atoms with Crippen molar-refractivity contribution in [2.75, 3.05) is 11.9 Å². The van der Waals surface area contributed by atoms with Crippen molar-refractivity contribution in [1.29, 1.82) is 0 Å². The highest BCUT2D eigenvalue weighted by Crippen LogP contribution is 2.34. The van der Waals surface area contributed by atoms with Crippen molar-refractivity contribution in [3.05, 3.63) is 59.7 Å². The van der Waals surface area contributed by atoms with Crippen LogP contribution in [0.3, 0.4) is 0 Å². The van der Waals surface area contributed by atoms with Crippen LogP contribution in [-0.4, -0.2) is 35.2 Å². The van der Waals surface area contributed by atoms with E-state index in [9.17, 15) is 14.4 Å². The van der Waals surface area contributed by atoms with E-state index in [1.54, 1.807) is 17.0 Å². The van der Waals surface area contributed by atoms with E-state index in [0.717, 1.165) is 11.1 Å². The standard InChI is InChI=1S/C22H22N4O3/c1-13(2)26-12-15(11-19(26)27)21(28)23-16-9-7-14(8-10-16)20-17-5-3-4-6-18(17)22(29)25-24-20/h3-10,13,15,18H,11-12H2,1-2H3,(H,23,28). The van der Waals surface area contributed by atoms with Crippen LogP contribution < -0.4 is 5.32 Å². The van der Waals surface area contributed by atoms with Gasteiger partial charge >= 0.3 is 0 Å². The summed E-state index contributed by atoms with van der Waals surface area (Å²) in [5.41, 5.74) is 2.95. The smallest absolute Gasteiger partial charge is 0.276 e. The van der Waals surface area contributed by atoms with E-state index in [1.807, 2.05) is 50.3 Å². The summed E-state index contributed by atoms with van der Waals surface area (Å²) in [5.74, 6) is -1.14. The topological polar surface area (TPSA) is 91.2 Å². The lowest BCUT2D eigenvalue weighted by atomic mass is 9.89. The number of allylic oxidation sites excluding steroid dienone is 3.